The Morgan fingerprint density at radius 3 is 2.36 bits per heavy atom. The molecule has 7 nitrogen and oxygen atoms in total. The normalized spacial score (nSPS) is 12.1. The van der Waals surface area contributed by atoms with Gasteiger partial charge in [-0.05, 0) is 42.5 Å². The Bertz CT molecular complexity index is 1020. The van der Waals surface area contributed by atoms with Crippen molar-refractivity contribution in [3.05, 3.63) is 61.1 Å². The maximum atomic E-state index is 12.2. The van der Waals surface area contributed by atoms with Gasteiger partial charge in [-0.2, -0.15) is 5.10 Å². The van der Waals surface area contributed by atoms with E-state index in [9.17, 15) is 21.6 Å². The highest BCUT2D eigenvalue weighted by Crippen LogP contribution is 2.23. The fourth-order valence-corrected chi connectivity index (χ4v) is 3.38. The summed E-state index contributed by atoms with van der Waals surface area (Å²) in [5, 5.41) is 4.35. The lowest BCUT2D eigenvalue weighted by molar-refractivity contribution is -0.274. The third-order valence-corrected chi connectivity index (χ3v) is 5.09. The molecular weight excluding hydrogens is 397 g/mol. The van der Waals surface area contributed by atoms with Crippen LogP contribution in [0.25, 0.3) is 11.3 Å². The van der Waals surface area contributed by atoms with Gasteiger partial charge in [0, 0.05) is 30.7 Å². The number of nitrogens with one attached hydrogen (secondary N) is 1. The summed E-state index contributed by atoms with van der Waals surface area (Å²) < 4.78 is 68.6. The number of benzene rings is 1. The third kappa shape index (κ3) is 5.30. The molecule has 28 heavy (non-hydrogen) atoms. The SMILES string of the molecule is O=S(=O)(NCCn1ccc(-c2ccncc2)n1)c1ccc(OC(F)(F)F)cc1. The van der Waals surface area contributed by atoms with Gasteiger partial charge in [0.25, 0.3) is 0 Å². The van der Waals surface area contributed by atoms with Gasteiger partial charge in [0.2, 0.25) is 10.0 Å². The van der Waals surface area contributed by atoms with Gasteiger partial charge in [-0.3, -0.25) is 9.67 Å². The third-order valence-electron chi connectivity index (χ3n) is 3.62. The van der Waals surface area contributed by atoms with Crippen LogP contribution >= 0.6 is 0 Å². The smallest absolute Gasteiger partial charge is 0.406 e. The number of hydrogen-bond acceptors (Lipinski definition) is 5. The molecule has 0 aliphatic heterocycles. The summed E-state index contributed by atoms with van der Waals surface area (Å²) >= 11 is 0. The van der Waals surface area contributed by atoms with Crippen LogP contribution in [0.5, 0.6) is 5.75 Å². The molecule has 3 aromatic rings. The highest BCUT2D eigenvalue weighted by molar-refractivity contribution is 7.89. The first-order chi connectivity index (χ1) is 13.2. The van der Waals surface area contributed by atoms with E-state index in [-0.39, 0.29) is 18.0 Å². The monoisotopic (exact) mass is 412 g/mol. The molecule has 0 aliphatic rings. The van der Waals surface area contributed by atoms with Crippen LogP contribution in [0.3, 0.4) is 0 Å². The van der Waals surface area contributed by atoms with Crippen LogP contribution < -0.4 is 9.46 Å². The van der Waals surface area contributed by atoms with Crippen molar-refractivity contribution in [1.82, 2.24) is 19.5 Å². The Hall–Kier alpha value is -2.92. The first-order valence-electron chi connectivity index (χ1n) is 8.02. The Labute approximate surface area is 158 Å². The first kappa shape index (κ1) is 19.8. The van der Waals surface area contributed by atoms with E-state index in [0.29, 0.717) is 0 Å². The van der Waals surface area contributed by atoms with Gasteiger partial charge in [-0.15, -0.1) is 13.2 Å². The molecule has 11 heteroatoms. The van der Waals surface area contributed by atoms with Crippen LogP contribution in [0.4, 0.5) is 13.2 Å². The van der Waals surface area contributed by atoms with Crippen molar-refractivity contribution in [2.75, 3.05) is 6.54 Å². The predicted octanol–water partition coefficient (Wildman–Crippen LogP) is 2.82. The number of aromatic nitrogens is 3. The van der Waals surface area contributed by atoms with Crippen molar-refractivity contribution in [3.8, 4) is 17.0 Å². The van der Waals surface area contributed by atoms with Crippen molar-refractivity contribution in [1.29, 1.82) is 0 Å². The van der Waals surface area contributed by atoms with Gasteiger partial charge in [0.1, 0.15) is 5.75 Å². The maximum absolute atomic E-state index is 12.2. The number of ether oxygens (including phenoxy) is 1. The van der Waals surface area contributed by atoms with Gasteiger partial charge >= 0.3 is 6.36 Å². The molecule has 2 aromatic heterocycles. The summed E-state index contributed by atoms with van der Waals surface area (Å²) in [7, 11) is -3.87. The number of pyridine rings is 1. The number of sulfonamides is 1. The minimum atomic E-state index is -4.84. The summed E-state index contributed by atoms with van der Waals surface area (Å²) in [6, 6.07) is 9.37. The average Bonchev–Trinajstić information content (AvgIpc) is 3.10. The summed E-state index contributed by atoms with van der Waals surface area (Å²) in [6.07, 6.45) is 0.172. The summed E-state index contributed by atoms with van der Waals surface area (Å²) in [5.74, 6) is -0.494. The van der Waals surface area contributed by atoms with Gasteiger partial charge < -0.3 is 4.74 Å². The molecule has 0 atom stereocenters. The number of alkyl halides is 3. The Balaban J connectivity index is 1.57. The highest BCUT2D eigenvalue weighted by Gasteiger charge is 2.31. The number of halogens is 3. The molecule has 2 heterocycles. The number of hydrogen-bond donors (Lipinski definition) is 1. The zero-order chi connectivity index (χ0) is 20.2. The second-order valence-corrected chi connectivity index (χ2v) is 7.38. The topological polar surface area (TPSA) is 86.1 Å². The molecule has 0 unspecified atom stereocenters. The van der Waals surface area contributed by atoms with Crippen molar-refractivity contribution in [2.45, 2.75) is 17.8 Å². The highest BCUT2D eigenvalue weighted by atomic mass is 32.2. The van der Waals surface area contributed by atoms with Gasteiger partial charge in [0.05, 0.1) is 17.1 Å². The molecule has 3 rings (SSSR count). The summed E-state index contributed by atoms with van der Waals surface area (Å²) in [4.78, 5) is 3.76. The Morgan fingerprint density at radius 1 is 1.04 bits per heavy atom. The molecule has 0 radical (unpaired) electrons. The van der Waals surface area contributed by atoms with Crippen LogP contribution in [0.1, 0.15) is 0 Å². The van der Waals surface area contributed by atoms with Crippen LogP contribution in [0.15, 0.2) is 66.0 Å². The van der Waals surface area contributed by atoms with E-state index in [1.54, 1.807) is 29.3 Å². The molecule has 0 spiro atoms. The minimum absolute atomic E-state index is 0.0562. The van der Waals surface area contributed by atoms with Crippen molar-refractivity contribution >= 4 is 10.0 Å². The van der Waals surface area contributed by atoms with Crippen LogP contribution in [-0.2, 0) is 16.6 Å². The molecule has 0 amide bonds. The van der Waals surface area contributed by atoms with E-state index in [2.05, 4.69) is 19.5 Å². The Kier molecular flexibility index (Phi) is 5.66. The van der Waals surface area contributed by atoms with Crippen molar-refractivity contribution < 1.29 is 26.3 Å². The zero-order valence-electron chi connectivity index (χ0n) is 14.3. The fraction of sp³-hybridized carbons (Fsp3) is 0.176. The van der Waals surface area contributed by atoms with E-state index in [0.717, 1.165) is 35.5 Å². The molecule has 0 fully saturated rings. The minimum Gasteiger partial charge on any atom is -0.406 e. The summed E-state index contributed by atoms with van der Waals surface area (Å²) in [6.45, 7) is 0.334. The molecule has 1 N–H and O–H groups in total. The first-order valence-corrected chi connectivity index (χ1v) is 9.51. The second kappa shape index (κ2) is 7.98. The fourth-order valence-electron chi connectivity index (χ4n) is 2.36. The number of rotatable bonds is 7. The van der Waals surface area contributed by atoms with Crippen LogP contribution in [0, 0.1) is 0 Å². The van der Waals surface area contributed by atoms with E-state index < -0.39 is 22.1 Å². The van der Waals surface area contributed by atoms with Crippen molar-refractivity contribution in [3.63, 3.8) is 0 Å². The average molecular weight is 412 g/mol. The Morgan fingerprint density at radius 2 is 1.71 bits per heavy atom. The van der Waals surface area contributed by atoms with Crippen molar-refractivity contribution in [2.24, 2.45) is 0 Å². The van der Waals surface area contributed by atoms with Gasteiger partial charge in [-0.1, -0.05) is 0 Å². The second-order valence-electron chi connectivity index (χ2n) is 5.62. The molecule has 0 saturated heterocycles. The van der Waals surface area contributed by atoms with Crippen LogP contribution in [0.2, 0.25) is 0 Å². The summed E-state index contributed by atoms with van der Waals surface area (Å²) in [5.41, 5.74) is 1.61. The largest absolute Gasteiger partial charge is 0.573 e. The molecule has 1 aromatic carbocycles. The quantitative estimate of drug-likeness (QED) is 0.645. The maximum Gasteiger partial charge on any atom is 0.573 e. The number of nitrogens with zero attached hydrogens (tertiary/aromatic N) is 3. The lowest BCUT2D eigenvalue weighted by atomic mass is 10.2. The molecule has 0 saturated carbocycles. The van der Waals surface area contributed by atoms with E-state index >= 15 is 0 Å². The molecule has 0 bridgehead atoms. The van der Waals surface area contributed by atoms with Gasteiger partial charge in [-0.25, -0.2) is 13.1 Å². The van der Waals surface area contributed by atoms with E-state index in [1.165, 1.54) is 0 Å². The standard InChI is InChI=1S/C17H15F3N4O3S/c18-17(19,20)27-14-1-3-15(4-2-14)28(25,26)22-10-12-24-11-7-16(23-24)13-5-8-21-9-6-13/h1-9,11,22H,10,12H2. The zero-order valence-corrected chi connectivity index (χ0v) is 15.1. The van der Waals surface area contributed by atoms with Crippen LogP contribution in [-0.4, -0.2) is 36.1 Å². The van der Waals surface area contributed by atoms with E-state index in [4.69, 9.17) is 0 Å². The lowest BCUT2D eigenvalue weighted by Crippen LogP contribution is -2.27. The van der Waals surface area contributed by atoms with E-state index in [1.807, 2.05) is 12.1 Å². The lowest BCUT2D eigenvalue weighted by Gasteiger charge is -2.10. The predicted molar refractivity (Wildman–Crippen MR) is 93.8 cm³/mol. The molecule has 148 valence electrons. The molecule has 0 aliphatic carbocycles. The van der Waals surface area contributed by atoms with Gasteiger partial charge in [0.15, 0.2) is 0 Å². The molecular formula is C17H15F3N4O3S.